The van der Waals surface area contributed by atoms with Crippen molar-refractivity contribution in [1.29, 1.82) is 0 Å². The summed E-state index contributed by atoms with van der Waals surface area (Å²) < 4.78 is 10.7. The number of benzene rings is 1. The number of hydrogen-bond donors (Lipinski definition) is 1. The van der Waals surface area contributed by atoms with Gasteiger partial charge in [0.05, 0.1) is 24.0 Å². The Hall–Kier alpha value is -3.13. The number of anilines is 2. The number of nitrogens with zero attached hydrogens (tertiary/aromatic N) is 3. The summed E-state index contributed by atoms with van der Waals surface area (Å²) in [5.41, 5.74) is 1.92. The van der Waals surface area contributed by atoms with Gasteiger partial charge in [-0.3, -0.25) is 9.78 Å². The maximum Gasteiger partial charge on any atom is 0.322 e. The van der Waals surface area contributed by atoms with Crippen LogP contribution in [0.3, 0.4) is 0 Å². The molecule has 27 heavy (non-hydrogen) atoms. The lowest BCUT2D eigenvalue weighted by Crippen LogP contribution is -2.37. The summed E-state index contributed by atoms with van der Waals surface area (Å²) in [6, 6.07) is 10.1. The van der Waals surface area contributed by atoms with Crippen LogP contribution < -0.4 is 15.0 Å². The highest BCUT2D eigenvalue weighted by atomic mass is 16.5. The number of amides is 3. The van der Waals surface area contributed by atoms with E-state index in [9.17, 15) is 9.59 Å². The Balaban J connectivity index is 1.77. The van der Waals surface area contributed by atoms with E-state index >= 15 is 0 Å². The Morgan fingerprint density at radius 3 is 2.93 bits per heavy atom. The van der Waals surface area contributed by atoms with Gasteiger partial charge in [-0.1, -0.05) is 6.07 Å². The van der Waals surface area contributed by atoms with E-state index < -0.39 is 0 Å². The van der Waals surface area contributed by atoms with Crippen molar-refractivity contribution in [3.05, 3.63) is 48.3 Å². The molecule has 0 spiro atoms. The van der Waals surface area contributed by atoms with E-state index in [0.717, 1.165) is 5.69 Å². The van der Waals surface area contributed by atoms with Gasteiger partial charge in [0.25, 0.3) is 5.91 Å². The SMILES string of the molecule is COC[C@@H](c1ccccn1)N(C)C(=O)Nc1ccc2c(c1)N(C)C(=O)CO2. The van der Waals surface area contributed by atoms with Crippen molar-refractivity contribution in [2.75, 3.05) is 44.6 Å². The summed E-state index contributed by atoms with van der Waals surface area (Å²) >= 11 is 0. The van der Waals surface area contributed by atoms with Gasteiger partial charge in [-0.25, -0.2) is 4.79 Å². The standard InChI is InChI=1S/C19H22N4O4/c1-22-15-10-13(7-8-17(15)27-12-18(22)24)21-19(25)23(2)16(11-26-3)14-6-4-5-9-20-14/h4-10,16H,11-12H2,1-3H3,(H,21,25)/t16-/m0/s1. The highest BCUT2D eigenvalue weighted by Gasteiger charge is 2.25. The first-order valence-corrected chi connectivity index (χ1v) is 8.48. The van der Waals surface area contributed by atoms with Gasteiger partial charge in [0, 0.05) is 33.1 Å². The van der Waals surface area contributed by atoms with Gasteiger partial charge in [-0.15, -0.1) is 0 Å². The number of carbonyl (C=O) groups excluding carboxylic acids is 2. The Bertz CT molecular complexity index is 828. The van der Waals surface area contributed by atoms with E-state index in [0.29, 0.717) is 23.7 Å². The fraction of sp³-hybridized carbons (Fsp3) is 0.316. The highest BCUT2D eigenvalue weighted by Crippen LogP contribution is 2.33. The molecule has 8 nitrogen and oxygen atoms in total. The third kappa shape index (κ3) is 4.01. The van der Waals surface area contributed by atoms with Gasteiger partial charge in [0.2, 0.25) is 0 Å². The van der Waals surface area contributed by atoms with Gasteiger partial charge in [-0.05, 0) is 30.3 Å². The normalized spacial score (nSPS) is 14.2. The van der Waals surface area contributed by atoms with Crippen molar-refractivity contribution in [1.82, 2.24) is 9.88 Å². The van der Waals surface area contributed by atoms with Crippen molar-refractivity contribution >= 4 is 23.3 Å². The minimum absolute atomic E-state index is 0.0146. The Morgan fingerprint density at radius 2 is 2.22 bits per heavy atom. The summed E-state index contributed by atoms with van der Waals surface area (Å²) in [7, 11) is 4.94. The molecule has 142 valence electrons. The molecular weight excluding hydrogens is 348 g/mol. The van der Waals surface area contributed by atoms with Crippen LogP contribution in [0.5, 0.6) is 5.75 Å². The number of rotatable bonds is 5. The topological polar surface area (TPSA) is 84.0 Å². The maximum absolute atomic E-state index is 12.7. The first-order chi connectivity index (χ1) is 13.0. The van der Waals surface area contributed by atoms with E-state index in [1.165, 1.54) is 9.80 Å². The molecule has 1 aliphatic heterocycles. The van der Waals surface area contributed by atoms with Crippen LogP contribution in [0.15, 0.2) is 42.6 Å². The van der Waals surface area contributed by atoms with Gasteiger partial charge in [0.1, 0.15) is 5.75 Å². The zero-order valence-electron chi connectivity index (χ0n) is 15.5. The Labute approximate surface area is 157 Å². The Morgan fingerprint density at radius 1 is 1.41 bits per heavy atom. The van der Waals surface area contributed by atoms with E-state index in [1.54, 1.807) is 45.6 Å². The minimum Gasteiger partial charge on any atom is -0.482 e. The molecule has 2 heterocycles. The molecule has 0 aliphatic carbocycles. The third-order valence-corrected chi connectivity index (χ3v) is 4.44. The van der Waals surface area contributed by atoms with Gasteiger partial charge in [-0.2, -0.15) is 0 Å². The molecule has 3 rings (SSSR count). The molecule has 1 aliphatic rings. The number of likely N-dealkylation sites (N-methyl/N-ethyl adjacent to an activating group) is 2. The van der Waals surface area contributed by atoms with Crippen molar-refractivity contribution < 1.29 is 19.1 Å². The molecule has 2 aromatic rings. The zero-order valence-corrected chi connectivity index (χ0v) is 15.5. The molecule has 8 heteroatoms. The molecule has 0 radical (unpaired) electrons. The van der Waals surface area contributed by atoms with Crippen LogP contribution in [0.2, 0.25) is 0 Å². The molecule has 1 aromatic carbocycles. The Kier molecular flexibility index (Phi) is 5.56. The van der Waals surface area contributed by atoms with Crippen LogP contribution >= 0.6 is 0 Å². The maximum atomic E-state index is 12.7. The summed E-state index contributed by atoms with van der Waals surface area (Å²) in [6.45, 7) is 0.330. The summed E-state index contributed by atoms with van der Waals surface area (Å²) in [5, 5.41) is 2.85. The number of ether oxygens (including phenoxy) is 2. The van der Waals surface area contributed by atoms with Gasteiger partial charge >= 0.3 is 6.03 Å². The number of pyridine rings is 1. The lowest BCUT2D eigenvalue weighted by molar-refractivity contribution is -0.120. The van der Waals surface area contributed by atoms with Crippen molar-refractivity contribution in [3.63, 3.8) is 0 Å². The van der Waals surface area contributed by atoms with Crippen molar-refractivity contribution in [2.45, 2.75) is 6.04 Å². The van der Waals surface area contributed by atoms with Crippen molar-refractivity contribution in [3.8, 4) is 5.75 Å². The predicted octanol–water partition coefficient (Wildman–Crippen LogP) is 2.29. The van der Waals surface area contributed by atoms with Gasteiger partial charge in [0.15, 0.2) is 6.61 Å². The van der Waals surface area contributed by atoms with E-state index in [-0.39, 0.29) is 24.6 Å². The van der Waals surface area contributed by atoms with E-state index in [2.05, 4.69) is 10.3 Å². The second-order valence-electron chi connectivity index (χ2n) is 6.19. The summed E-state index contributed by atoms with van der Waals surface area (Å²) in [6.07, 6.45) is 1.68. The van der Waals surface area contributed by atoms with Crippen LogP contribution in [0.25, 0.3) is 0 Å². The number of aromatic nitrogens is 1. The molecule has 0 bridgehead atoms. The molecule has 0 saturated heterocycles. The van der Waals surface area contributed by atoms with Crippen LogP contribution in [0.1, 0.15) is 11.7 Å². The smallest absolute Gasteiger partial charge is 0.322 e. The van der Waals surface area contributed by atoms with E-state index in [4.69, 9.17) is 9.47 Å². The molecule has 1 aromatic heterocycles. The molecule has 3 amide bonds. The average molecular weight is 370 g/mol. The number of fused-ring (bicyclic) bond motifs is 1. The van der Waals surface area contributed by atoms with Gasteiger partial charge < -0.3 is 24.6 Å². The quantitative estimate of drug-likeness (QED) is 0.873. The number of methoxy groups -OCH3 is 1. The van der Waals surface area contributed by atoms with Crippen LogP contribution in [0, 0.1) is 0 Å². The third-order valence-electron chi connectivity index (χ3n) is 4.44. The molecule has 1 N–H and O–H groups in total. The minimum atomic E-state index is -0.332. The molecule has 0 saturated carbocycles. The first-order valence-electron chi connectivity index (χ1n) is 8.48. The monoisotopic (exact) mass is 370 g/mol. The second-order valence-corrected chi connectivity index (χ2v) is 6.19. The number of hydrogen-bond acceptors (Lipinski definition) is 5. The number of nitrogens with one attached hydrogen (secondary N) is 1. The van der Waals surface area contributed by atoms with Crippen LogP contribution in [0.4, 0.5) is 16.2 Å². The lowest BCUT2D eigenvalue weighted by atomic mass is 10.2. The second kappa shape index (κ2) is 8.05. The predicted molar refractivity (Wildman–Crippen MR) is 101 cm³/mol. The first kappa shape index (κ1) is 18.7. The molecular formula is C19H22N4O4. The number of urea groups is 1. The molecule has 1 atom stereocenters. The van der Waals surface area contributed by atoms with E-state index in [1.807, 2.05) is 18.2 Å². The summed E-state index contributed by atoms with van der Waals surface area (Å²) in [5.74, 6) is 0.465. The fourth-order valence-electron chi connectivity index (χ4n) is 2.83. The lowest BCUT2D eigenvalue weighted by Gasteiger charge is -2.28. The largest absolute Gasteiger partial charge is 0.482 e. The van der Waals surface area contributed by atoms with Crippen LogP contribution in [-0.4, -0.2) is 56.2 Å². The number of carbonyl (C=O) groups is 2. The highest BCUT2D eigenvalue weighted by molar-refractivity contribution is 5.99. The van der Waals surface area contributed by atoms with Crippen LogP contribution in [-0.2, 0) is 9.53 Å². The molecule has 0 unspecified atom stereocenters. The summed E-state index contributed by atoms with van der Waals surface area (Å²) in [4.78, 5) is 31.9. The molecule has 0 fully saturated rings. The fourth-order valence-corrected chi connectivity index (χ4v) is 2.83. The van der Waals surface area contributed by atoms with Crippen molar-refractivity contribution in [2.24, 2.45) is 0 Å². The zero-order chi connectivity index (χ0) is 19.4. The average Bonchev–Trinajstić information content (AvgIpc) is 2.69.